The van der Waals surface area contributed by atoms with E-state index in [0.29, 0.717) is 6.42 Å². The summed E-state index contributed by atoms with van der Waals surface area (Å²) in [6.07, 6.45) is 8.47. The fourth-order valence-corrected chi connectivity index (χ4v) is 1.50. The van der Waals surface area contributed by atoms with Gasteiger partial charge in [0.15, 0.2) is 0 Å². The van der Waals surface area contributed by atoms with E-state index in [1.165, 1.54) is 32.1 Å². The van der Waals surface area contributed by atoms with E-state index >= 15 is 0 Å². The third-order valence-electron chi connectivity index (χ3n) is 2.32. The quantitative estimate of drug-likeness (QED) is 0.452. The Balaban J connectivity index is 1.80. The highest BCUT2D eigenvalue weighted by molar-refractivity contribution is 5.75. The van der Waals surface area contributed by atoms with Crippen molar-refractivity contribution in [2.75, 3.05) is 0 Å². The zero-order valence-electron chi connectivity index (χ0n) is 7.84. The maximum Gasteiger partial charge on any atom is 0.309 e. The van der Waals surface area contributed by atoms with E-state index in [1.807, 2.05) is 0 Å². The molecule has 0 spiro atoms. The monoisotopic (exact) mass is 170 g/mol. The molecular weight excluding hydrogens is 152 g/mol. The van der Waals surface area contributed by atoms with Gasteiger partial charge in [0.1, 0.15) is 6.10 Å². The van der Waals surface area contributed by atoms with Gasteiger partial charge in [0.2, 0.25) is 0 Å². The zero-order valence-corrected chi connectivity index (χ0v) is 7.84. The summed E-state index contributed by atoms with van der Waals surface area (Å²) in [6, 6.07) is 0. The molecule has 0 saturated carbocycles. The first-order chi connectivity index (χ1) is 5.83. The highest BCUT2D eigenvalue weighted by atomic mass is 16.6. The molecule has 0 aliphatic carbocycles. The van der Waals surface area contributed by atoms with E-state index in [1.54, 1.807) is 0 Å². The minimum absolute atomic E-state index is 0.0199. The molecule has 70 valence electrons. The molecule has 1 saturated heterocycles. The van der Waals surface area contributed by atoms with Gasteiger partial charge in [-0.25, -0.2) is 0 Å². The minimum atomic E-state index is -0.0199. The Labute approximate surface area is 74.3 Å². The number of esters is 1. The number of rotatable bonds is 6. The molecule has 2 nitrogen and oxygen atoms in total. The molecule has 0 aromatic heterocycles. The van der Waals surface area contributed by atoms with Crippen LogP contribution in [-0.2, 0) is 9.53 Å². The van der Waals surface area contributed by atoms with Gasteiger partial charge in [-0.2, -0.15) is 0 Å². The van der Waals surface area contributed by atoms with Crippen molar-refractivity contribution in [2.24, 2.45) is 0 Å². The summed E-state index contributed by atoms with van der Waals surface area (Å²) in [5.41, 5.74) is 0. The Morgan fingerprint density at radius 1 is 1.33 bits per heavy atom. The number of hydrogen-bond donors (Lipinski definition) is 0. The van der Waals surface area contributed by atoms with Crippen molar-refractivity contribution in [3.8, 4) is 0 Å². The number of unbranched alkanes of at least 4 members (excludes halogenated alkanes) is 4. The second-order valence-corrected chi connectivity index (χ2v) is 3.52. The van der Waals surface area contributed by atoms with Gasteiger partial charge in [-0.3, -0.25) is 4.79 Å². The zero-order chi connectivity index (χ0) is 8.81. The van der Waals surface area contributed by atoms with E-state index in [0.717, 1.165) is 6.42 Å². The molecular formula is C10H18O2. The SMILES string of the molecule is CCCCCCCC1CC(=O)O1. The maximum absolute atomic E-state index is 10.4. The molecule has 0 aromatic carbocycles. The highest BCUT2D eigenvalue weighted by Crippen LogP contribution is 2.19. The van der Waals surface area contributed by atoms with E-state index in [-0.39, 0.29) is 12.1 Å². The van der Waals surface area contributed by atoms with Gasteiger partial charge in [0, 0.05) is 0 Å². The third-order valence-corrected chi connectivity index (χ3v) is 2.32. The van der Waals surface area contributed by atoms with E-state index in [9.17, 15) is 4.79 Å². The number of ether oxygens (including phenoxy) is 1. The molecule has 0 bridgehead atoms. The lowest BCUT2D eigenvalue weighted by Crippen LogP contribution is -2.32. The standard InChI is InChI=1S/C10H18O2/c1-2-3-4-5-6-7-9-8-10(11)12-9/h9H,2-8H2,1H3. The Morgan fingerprint density at radius 2 is 2.00 bits per heavy atom. The molecule has 1 heterocycles. The van der Waals surface area contributed by atoms with Gasteiger partial charge < -0.3 is 4.74 Å². The molecule has 1 atom stereocenters. The van der Waals surface area contributed by atoms with Crippen LogP contribution in [0.25, 0.3) is 0 Å². The first-order valence-corrected chi connectivity index (χ1v) is 5.02. The summed E-state index contributed by atoms with van der Waals surface area (Å²) in [5.74, 6) is -0.0199. The van der Waals surface area contributed by atoms with E-state index in [2.05, 4.69) is 6.92 Å². The molecule has 1 fully saturated rings. The summed E-state index contributed by atoms with van der Waals surface area (Å²) in [6.45, 7) is 2.22. The van der Waals surface area contributed by atoms with Crippen LogP contribution in [0.4, 0.5) is 0 Å². The molecule has 0 amide bonds. The fourth-order valence-electron chi connectivity index (χ4n) is 1.50. The molecule has 0 radical (unpaired) electrons. The van der Waals surface area contributed by atoms with Crippen molar-refractivity contribution < 1.29 is 9.53 Å². The molecule has 1 unspecified atom stereocenters. The van der Waals surface area contributed by atoms with Crippen molar-refractivity contribution in [1.82, 2.24) is 0 Å². The van der Waals surface area contributed by atoms with Gasteiger partial charge in [-0.1, -0.05) is 32.6 Å². The van der Waals surface area contributed by atoms with Crippen LogP contribution in [0.5, 0.6) is 0 Å². The average Bonchev–Trinajstić information content (AvgIpc) is 2.00. The van der Waals surface area contributed by atoms with Crippen LogP contribution >= 0.6 is 0 Å². The Kier molecular flexibility index (Phi) is 4.12. The van der Waals surface area contributed by atoms with Crippen LogP contribution in [0, 0.1) is 0 Å². The second kappa shape index (κ2) is 5.18. The van der Waals surface area contributed by atoms with Crippen molar-refractivity contribution in [3.63, 3.8) is 0 Å². The van der Waals surface area contributed by atoms with Gasteiger partial charge in [-0.05, 0) is 12.8 Å². The lowest BCUT2D eigenvalue weighted by molar-refractivity contribution is -0.169. The molecule has 2 heteroatoms. The van der Waals surface area contributed by atoms with Gasteiger partial charge in [0.05, 0.1) is 6.42 Å². The van der Waals surface area contributed by atoms with Crippen LogP contribution in [0.1, 0.15) is 51.9 Å². The van der Waals surface area contributed by atoms with Crippen LogP contribution in [0.3, 0.4) is 0 Å². The smallest absolute Gasteiger partial charge is 0.309 e. The summed E-state index contributed by atoms with van der Waals surface area (Å²) in [4.78, 5) is 10.4. The first kappa shape index (κ1) is 9.56. The minimum Gasteiger partial charge on any atom is -0.462 e. The number of carbonyl (C=O) groups is 1. The molecule has 1 aliphatic heterocycles. The van der Waals surface area contributed by atoms with Crippen molar-refractivity contribution in [2.45, 2.75) is 58.0 Å². The lowest BCUT2D eigenvalue weighted by Gasteiger charge is -2.25. The first-order valence-electron chi connectivity index (χ1n) is 5.02. The predicted molar refractivity (Wildman–Crippen MR) is 47.9 cm³/mol. The molecule has 0 aromatic rings. The normalized spacial score (nSPS) is 21.8. The molecule has 12 heavy (non-hydrogen) atoms. The summed E-state index contributed by atoms with van der Waals surface area (Å²) in [7, 11) is 0. The Bertz CT molecular complexity index is 135. The number of carbonyl (C=O) groups excluding carboxylic acids is 1. The second-order valence-electron chi connectivity index (χ2n) is 3.52. The van der Waals surface area contributed by atoms with Crippen molar-refractivity contribution in [3.05, 3.63) is 0 Å². The van der Waals surface area contributed by atoms with Crippen LogP contribution in [-0.4, -0.2) is 12.1 Å². The number of cyclic esters (lactones) is 1. The Morgan fingerprint density at radius 3 is 2.58 bits per heavy atom. The van der Waals surface area contributed by atoms with Gasteiger partial charge >= 0.3 is 5.97 Å². The van der Waals surface area contributed by atoms with Crippen LogP contribution in [0.15, 0.2) is 0 Å². The topological polar surface area (TPSA) is 26.3 Å². The number of hydrogen-bond acceptors (Lipinski definition) is 2. The largest absolute Gasteiger partial charge is 0.462 e. The molecule has 1 rings (SSSR count). The predicted octanol–water partition coefficient (Wildman–Crippen LogP) is 2.66. The summed E-state index contributed by atoms with van der Waals surface area (Å²) < 4.78 is 4.91. The summed E-state index contributed by atoms with van der Waals surface area (Å²) >= 11 is 0. The molecule has 1 aliphatic rings. The van der Waals surface area contributed by atoms with Crippen LogP contribution in [0.2, 0.25) is 0 Å². The van der Waals surface area contributed by atoms with Crippen LogP contribution < -0.4 is 0 Å². The summed E-state index contributed by atoms with van der Waals surface area (Å²) in [5, 5.41) is 0. The highest BCUT2D eigenvalue weighted by Gasteiger charge is 2.27. The average molecular weight is 170 g/mol. The maximum atomic E-state index is 10.4. The van der Waals surface area contributed by atoms with Crippen molar-refractivity contribution in [1.29, 1.82) is 0 Å². The Hall–Kier alpha value is -0.530. The molecule has 0 N–H and O–H groups in total. The van der Waals surface area contributed by atoms with Gasteiger partial charge in [-0.15, -0.1) is 0 Å². The third kappa shape index (κ3) is 3.24. The van der Waals surface area contributed by atoms with E-state index in [4.69, 9.17) is 4.74 Å². The fraction of sp³-hybridized carbons (Fsp3) is 0.900. The lowest BCUT2D eigenvalue weighted by atomic mass is 10.0. The van der Waals surface area contributed by atoms with Gasteiger partial charge in [0.25, 0.3) is 0 Å². The van der Waals surface area contributed by atoms with E-state index < -0.39 is 0 Å². The van der Waals surface area contributed by atoms with Crippen molar-refractivity contribution >= 4 is 5.97 Å².